The molecule has 2 aliphatic rings. The Morgan fingerprint density at radius 2 is 2.28 bits per heavy atom. The van der Waals surface area contributed by atoms with Crippen LogP contribution in [-0.4, -0.2) is 51.8 Å². The standard InChI is InChI=1S/C15H20BrN5O4/c1-2-3-4-25-14(24)20-7-15(6-9(20)12(17)22)8-21-11(18-13(15)23)5-10(16)19-21/h5,9H,2-4,6-8H2,1H3,(H2,17,22)(H,18,23)/t9-,15+/m0/s1. The maximum atomic E-state index is 12.7. The molecule has 0 bridgehead atoms. The number of anilines is 1. The van der Waals surface area contributed by atoms with Gasteiger partial charge in [-0.15, -0.1) is 0 Å². The summed E-state index contributed by atoms with van der Waals surface area (Å²) in [5, 5.41) is 7.06. The minimum absolute atomic E-state index is 0.0638. The smallest absolute Gasteiger partial charge is 0.410 e. The lowest BCUT2D eigenvalue weighted by Crippen LogP contribution is -2.47. The normalized spacial score (nSPS) is 25.0. The van der Waals surface area contributed by atoms with Crippen molar-refractivity contribution >= 4 is 39.7 Å². The Hall–Kier alpha value is -2.10. The second-order valence-electron chi connectivity index (χ2n) is 6.46. The molecule has 0 aliphatic carbocycles. The number of rotatable bonds is 4. The van der Waals surface area contributed by atoms with E-state index in [9.17, 15) is 14.4 Å². The predicted molar refractivity (Wildman–Crippen MR) is 91.6 cm³/mol. The van der Waals surface area contributed by atoms with E-state index < -0.39 is 23.5 Å². The fourth-order valence-electron chi connectivity index (χ4n) is 3.31. The Kier molecular flexibility index (Phi) is 4.72. The van der Waals surface area contributed by atoms with Gasteiger partial charge in [0.1, 0.15) is 16.5 Å². The molecule has 1 saturated heterocycles. The number of likely N-dealkylation sites (tertiary alicyclic amines) is 1. The molecule has 3 rings (SSSR count). The van der Waals surface area contributed by atoms with Gasteiger partial charge < -0.3 is 15.8 Å². The average Bonchev–Trinajstić information content (AvgIpc) is 3.09. The van der Waals surface area contributed by atoms with Crippen LogP contribution in [0.1, 0.15) is 26.2 Å². The van der Waals surface area contributed by atoms with Crippen LogP contribution in [0.5, 0.6) is 0 Å². The third-order valence-corrected chi connectivity index (χ3v) is 5.03. The fraction of sp³-hybridized carbons (Fsp3) is 0.600. The van der Waals surface area contributed by atoms with Crippen LogP contribution < -0.4 is 11.1 Å². The number of nitrogens with two attached hydrogens (primary N) is 1. The van der Waals surface area contributed by atoms with Gasteiger partial charge in [-0.1, -0.05) is 13.3 Å². The zero-order chi connectivity index (χ0) is 18.2. The zero-order valence-electron chi connectivity index (χ0n) is 13.8. The summed E-state index contributed by atoms with van der Waals surface area (Å²) in [5.41, 5.74) is 4.51. The second kappa shape index (κ2) is 6.66. The van der Waals surface area contributed by atoms with E-state index in [2.05, 4.69) is 26.3 Å². The summed E-state index contributed by atoms with van der Waals surface area (Å²) in [6, 6.07) is 0.822. The first-order chi connectivity index (χ1) is 11.9. The number of nitrogens with zero attached hydrogens (tertiary/aromatic N) is 3. The lowest BCUT2D eigenvalue weighted by Gasteiger charge is -2.32. The zero-order valence-corrected chi connectivity index (χ0v) is 15.4. The van der Waals surface area contributed by atoms with Gasteiger partial charge in [-0.05, 0) is 28.8 Å². The van der Waals surface area contributed by atoms with Crippen LogP contribution in [0.3, 0.4) is 0 Å². The van der Waals surface area contributed by atoms with E-state index in [-0.39, 0.29) is 32.0 Å². The molecular weight excluding hydrogens is 394 g/mol. The largest absolute Gasteiger partial charge is 0.449 e. The van der Waals surface area contributed by atoms with Crippen molar-refractivity contribution in [3.8, 4) is 0 Å². The molecule has 25 heavy (non-hydrogen) atoms. The van der Waals surface area contributed by atoms with Gasteiger partial charge >= 0.3 is 6.09 Å². The van der Waals surface area contributed by atoms with Gasteiger partial charge in [0.15, 0.2) is 0 Å². The monoisotopic (exact) mass is 413 g/mol. The maximum Gasteiger partial charge on any atom is 0.410 e. The summed E-state index contributed by atoms with van der Waals surface area (Å²) in [4.78, 5) is 38.1. The SMILES string of the molecule is CCCCOC(=O)N1C[C@]2(C[C@H]1C(N)=O)Cn1nc(Br)cc1NC2=O. The molecule has 10 heteroatoms. The second-order valence-corrected chi connectivity index (χ2v) is 7.27. The summed E-state index contributed by atoms with van der Waals surface area (Å²) in [6.45, 7) is 2.58. The van der Waals surface area contributed by atoms with Crippen LogP contribution >= 0.6 is 15.9 Å². The van der Waals surface area contributed by atoms with Crippen LogP contribution in [0.15, 0.2) is 10.7 Å². The van der Waals surface area contributed by atoms with Crippen molar-refractivity contribution in [1.82, 2.24) is 14.7 Å². The molecule has 3 heterocycles. The van der Waals surface area contributed by atoms with Gasteiger partial charge in [0.2, 0.25) is 11.8 Å². The summed E-state index contributed by atoms with van der Waals surface area (Å²) < 4.78 is 7.45. The quantitative estimate of drug-likeness (QED) is 0.715. The van der Waals surface area contributed by atoms with Gasteiger partial charge in [0.05, 0.1) is 18.6 Å². The Balaban J connectivity index is 1.83. The summed E-state index contributed by atoms with van der Waals surface area (Å²) in [5.74, 6) is -0.325. The fourth-order valence-corrected chi connectivity index (χ4v) is 3.72. The van der Waals surface area contributed by atoms with Crippen molar-refractivity contribution in [2.75, 3.05) is 18.5 Å². The van der Waals surface area contributed by atoms with Crippen molar-refractivity contribution in [3.05, 3.63) is 10.7 Å². The molecule has 0 saturated carbocycles. The van der Waals surface area contributed by atoms with Crippen molar-refractivity contribution < 1.29 is 19.1 Å². The Morgan fingerprint density at radius 3 is 2.96 bits per heavy atom. The number of fused-ring (bicyclic) bond motifs is 1. The molecule has 1 fully saturated rings. The topological polar surface area (TPSA) is 120 Å². The number of ether oxygens (including phenoxy) is 1. The molecule has 0 aromatic carbocycles. The first-order valence-electron chi connectivity index (χ1n) is 8.14. The van der Waals surface area contributed by atoms with E-state index >= 15 is 0 Å². The minimum Gasteiger partial charge on any atom is -0.449 e. The van der Waals surface area contributed by atoms with Crippen LogP contribution in [0.25, 0.3) is 0 Å². The molecule has 1 spiro atoms. The van der Waals surface area contributed by atoms with E-state index in [4.69, 9.17) is 10.5 Å². The van der Waals surface area contributed by atoms with Crippen molar-refractivity contribution in [3.63, 3.8) is 0 Å². The highest BCUT2D eigenvalue weighted by molar-refractivity contribution is 9.10. The molecule has 0 unspecified atom stereocenters. The highest BCUT2D eigenvalue weighted by atomic mass is 79.9. The van der Waals surface area contributed by atoms with Gasteiger partial charge in [-0.2, -0.15) is 5.10 Å². The third kappa shape index (κ3) is 3.22. The van der Waals surface area contributed by atoms with Crippen molar-refractivity contribution in [1.29, 1.82) is 0 Å². The molecule has 1 aromatic heterocycles. The van der Waals surface area contributed by atoms with Crippen LogP contribution in [0, 0.1) is 5.41 Å². The number of hydrogen-bond acceptors (Lipinski definition) is 5. The average molecular weight is 414 g/mol. The number of hydrogen-bond donors (Lipinski definition) is 2. The first kappa shape index (κ1) is 17.7. The Morgan fingerprint density at radius 1 is 1.52 bits per heavy atom. The Bertz CT molecular complexity index is 721. The van der Waals surface area contributed by atoms with Crippen molar-refractivity contribution in [2.45, 2.75) is 38.8 Å². The van der Waals surface area contributed by atoms with E-state index in [1.54, 1.807) is 10.7 Å². The van der Waals surface area contributed by atoms with E-state index in [1.807, 2.05) is 6.92 Å². The number of primary amides is 1. The summed E-state index contributed by atoms with van der Waals surface area (Å²) in [6.07, 6.45) is 1.15. The molecule has 3 N–H and O–H groups in total. The summed E-state index contributed by atoms with van der Waals surface area (Å²) >= 11 is 3.27. The molecule has 136 valence electrons. The van der Waals surface area contributed by atoms with Crippen LogP contribution in [-0.2, 0) is 20.9 Å². The minimum atomic E-state index is -0.956. The first-order valence-corrected chi connectivity index (χ1v) is 8.93. The Labute approximate surface area is 153 Å². The van der Waals surface area contributed by atoms with E-state index in [0.29, 0.717) is 10.4 Å². The number of carbonyl (C=O) groups excluding carboxylic acids is 3. The summed E-state index contributed by atoms with van der Waals surface area (Å²) in [7, 11) is 0. The molecule has 2 atom stereocenters. The maximum absolute atomic E-state index is 12.7. The van der Waals surface area contributed by atoms with Gasteiger partial charge in [0.25, 0.3) is 0 Å². The number of nitrogens with one attached hydrogen (secondary N) is 1. The lowest BCUT2D eigenvalue weighted by atomic mass is 9.83. The van der Waals surface area contributed by atoms with Gasteiger partial charge in [0, 0.05) is 12.6 Å². The number of amides is 3. The van der Waals surface area contributed by atoms with Crippen LogP contribution in [0.2, 0.25) is 0 Å². The number of halogens is 1. The van der Waals surface area contributed by atoms with Gasteiger partial charge in [-0.3, -0.25) is 14.5 Å². The molecule has 9 nitrogen and oxygen atoms in total. The number of aromatic nitrogens is 2. The third-order valence-electron chi connectivity index (χ3n) is 4.65. The molecular formula is C15H20BrN5O4. The molecule has 2 aliphatic heterocycles. The van der Waals surface area contributed by atoms with Crippen LogP contribution in [0.4, 0.5) is 10.6 Å². The highest BCUT2D eigenvalue weighted by Gasteiger charge is 2.55. The molecule has 0 radical (unpaired) electrons. The van der Waals surface area contributed by atoms with Gasteiger partial charge in [-0.25, -0.2) is 9.48 Å². The van der Waals surface area contributed by atoms with Crippen molar-refractivity contribution in [2.24, 2.45) is 11.1 Å². The number of carbonyl (C=O) groups is 3. The van der Waals surface area contributed by atoms with E-state index in [1.165, 1.54) is 4.90 Å². The number of unbranched alkanes of at least 4 members (excludes halogenated alkanes) is 1. The predicted octanol–water partition coefficient (Wildman–Crippen LogP) is 1.08. The lowest BCUT2D eigenvalue weighted by molar-refractivity contribution is -0.126. The van der Waals surface area contributed by atoms with E-state index in [0.717, 1.165) is 12.8 Å². The molecule has 3 amide bonds. The highest BCUT2D eigenvalue weighted by Crippen LogP contribution is 2.41. The molecule has 1 aromatic rings.